The van der Waals surface area contributed by atoms with Crippen LogP contribution >= 0.6 is 0 Å². The molecule has 27 N–H and O–H groups in total. The number of carboxylic acid groups (broad SMARTS) is 2. The summed E-state index contributed by atoms with van der Waals surface area (Å²) in [5, 5.41) is 215. The van der Waals surface area contributed by atoms with E-state index >= 15 is 0 Å². The Kier molecular flexibility index (Phi) is 36.7. The number of phenolic OH excluding ortho intramolecular Hbond substituents is 3. The van der Waals surface area contributed by atoms with E-state index in [1.807, 2.05) is 0 Å². The van der Waals surface area contributed by atoms with Crippen molar-refractivity contribution in [2.24, 2.45) is 32.2 Å². The summed E-state index contributed by atoms with van der Waals surface area (Å²) >= 11 is 0. The number of Topliss-reactive ketones (excluding diaryl/α,β-unsaturated/α-hetero) is 1. The number of hydrogen-bond donors (Lipinski definition) is 24. The number of aliphatic carboxylic acids is 2. The van der Waals surface area contributed by atoms with Crippen LogP contribution in [0.2, 0.25) is 0 Å². The summed E-state index contributed by atoms with van der Waals surface area (Å²) in [6, 6.07) is 8.11. The number of carbonyl (C=O) groups excluding carboxylic acids is 2. The van der Waals surface area contributed by atoms with Crippen LogP contribution in [0.15, 0.2) is 100 Å². The van der Waals surface area contributed by atoms with Gasteiger partial charge in [-0.05, 0) is 134 Å². The molecule has 0 spiro atoms. The number of fused-ring (bicyclic) bond motifs is 4. The summed E-state index contributed by atoms with van der Waals surface area (Å²) in [4.78, 5) is 110. The van der Waals surface area contributed by atoms with Crippen LogP contribution in [0, 0.1) is 34.6 Å². The summed E-state index contributed by atoms with van der Waals surface area (Å²) in [7, 11) is 0. The van der Waals surface area contributed by atoms with Crippen molar-refractivity contribution in [2.45, 2.75) is 248 Å². The standard InChI is InChI=1S/C43H52N2O17.C23H30N2O10.C19H22O9.C4H10N2O2/c1-16-8-17(2)31(41-37(55)35(53)33(51)27(14-46)61-41)39-29(16)25(49)12-21(59-39)10-19(4)44-7-6-23(43(57)58)45-20(5)11-22-13-26(50)30-18(3)9-24(48)32(40(30)60-22)42-38(56)36(54)34(52)28(15-47)62-42;1-9-5-13(27)17(22-20(31)19(30)18(29)15(8-26)35-22)21-16(9)14(28)7-11(34-21)6-10(2)25-12(3-4-24)23(32)33;1-7-3-10(22)14(19-17(26)16(25)15(24)12(6-20)28-19)18-13(7)11(23)5-9(27-18)4-8(2)21;5-2-1-4(6)8-3-7/h8-9,12-13,23,27-28,33-38,41-42,46-48,51-56H,6-7,10-11,14-15H2,1-5H3,(H,57,58);5,7,12,15,18-20,22,26-27,29-31H,3-4,6,8,24H2,1-2H3,(H,32,33);3,5,12,15-17,19-20,22,24-26H,4,6H2,1-2H3;3-4H,1-2,5-6H2. The topological polar surface area (TPSA) is 775 Å². The van der Waals surface area contributed by atoms with Crippen LogP contribution in [0.25, 0.3) is 43.9 Å². The van der Waals surface area contributed by atoms with Crippen molar-refractivity contribution < 1.29 is 168 Å². The molecule has 0 amide bonds. The van der Waals surface area contributed by atoms with Gasteiger partial charge in [0.25, 0.3) is 6.47 Å². The zero-order valence-corrected chi connectivity index (χ0v) is 73.8. The molecule has 8 heterocycles. The lowest BCUT2D eigenvalue weighted by Gasteiger charge is -2.40. The van der Waals surface area contributed by atoms with E-state index in [0.29, 0.717) is 58.7 Å². The first-order chi connectivity index (χ1) is 62.7. The van der Waals surface area contributed by atoms with Crippen LogP contribution in [0.3, 0.4) is 0 Å². The Hall–Kier alpha value is -10.7. The largest absolute Gasteiger partial charge is 0.507 e. The zero-order chi connectivity index (χ0) is 98.7. The molecular formula is C89H114N6O38. The first-order valence-electron chi connectivity index (χ1n) is 42.2. The number of aliphatic hydroxyl groups excluding tert-OH is 16. The maximum Gasteiger partial charge on any atom is 0.328 e. The summed E-state index contributed by atoms with van der Waals surface area (Å²) in [6.45, 7) is 12.4. The lowest BCUT2D eigenvalue weighted by atomic mass is 9.87. The van der Waals surface area contributed by atoms with Crippen LogP contribution in [-0.2, 0) is 68.5 Å². The summed E-state index contributed by atoms with van der Waals surface area (Å²) in [5.41, 5.74) is 16.7. The molecule has 23 unspecified atom stereocenters. The number of phenols is 3. The van der Waals surface area contributed by atoms with E-state index in [2.05, 4.69) is 19.7 Å². The van der Waals surface area contributed by atoms with E-state index in [0.717, 1.165) is 0 Å². The highest BCUT2D eigenvalue weighted by atomic mass is 16.6. The molecule has 12 rings (SSSR count). The highest BCUT2D eigenvalue weighted by Crippen LogP contribution is 2.46. The van der Waals surface area contributed by atoms with Crippen molar-refractivity contribution in [3.63, 3.8) is 0 Å². The molecule has 4 aromatic carbocycles. The first-order valence-corrected chi connectivity index (χ1v) is 42.2. The van der Waals surface area contributed by atoms with Crippen LogP contribution in [0.1, 0.15) is 144 Å². The predicted molar refractivity (Wildman–Crippen MR) is 469 cm³/mol. The van der Waals surface area contributed by atoms with Gasteiger partial charge >= 0.3 is 11.9 Å². The number of ether oxygens (including phenoxy) is 5. The van der Waals surface area contributed by atoms with Crippen LogP contribution in [-0.4, -0.2) is 311 Å². The van der Waals surface area contributed by atoms with Gasteiger partial charge in [0, 0.05) is 79.2 Å². The van der Waals surface area contributed by atoms with Crippen LogP contribution in [0.5, 0.6) is 17.2 Å². The number of aromatic hydroxyl groups is 3. The molecule has 0 bridgehead atoms. The minimum absolute atomic E-state index is 0.00218. The van der Waals surface area contributed by atoms with Gasteiger partial charge in [0.2, 0.25) is 0 Å². The van der Waals surface area contributed by atoms with Crippen molar-refractivity contribution in [3.05, 3.63) is 163 Å². The predicted octanol–water partition coefficient (Wildman–Crippen LogP) is -2.52. The summed E-state index contributed by atoms with van der Waals surface area (Å²) in [5.74, 6) is -3.44. The number of aliphatic hydroxyl groups is 16. The fourth-order valence-corrected chi connectivity index (χ4v) is 16.4. The quantitative estimate of drug-likeness (QED) is 0.0131. The van der Waals surface area contributed by atoms with Crippen molar-refractivity contribution >= 4 is 85.2 Å². The Morgan fingerprint density at radius 2 is 0.669 bits per heavy atom. The zero-order valence-electron chi connectivity index (χ0n) is 73.8. The molecule has 23 atom stereocenters. The molecular weight excluding hydrogens is 1760 g/mol. The lowest BCUT2D eigenvalue weighted by molar-refractivity contribution is -0.231. The third-order valence-corrected chi connectivity index (χ3v) is 22.9. The maximum absolute atomic E-state index is 13.5. The molecule has 0 radical (unpaired) electrons. The van der Waals surface area contributed by atoms with E-state index in [-0.39, 0.29) is 164 Å². The molecule has 133 heavy (non-hydrogen) atoms. The van der Waals surface area contributed by atoms with Gasteiger partial charge in [-0.1, -0.05) is 6.07 Å². The maximum atomic E-state index is 13.5. The Morgan fingerprint density at radius 1 is 0.391 bits per heavy atom. The van der Waals surface area contributed by atoms with Gasteiger partial charge in [0.15, 0.2) is 27.9 Å². The number of aryl methyl sites for hydroxylation is 5. The molecule has 4 saturated heterocycles. The molecule has 728 valence electrons. The average molecular weight is 1880 g/mol. The number of benzene rings is 4. The minimum Gasteiger partial charge on any atom is -0.507 e. The number of carboxylic acids is 2. The van der Waals surface area contributed by atoms with Gasteiger partial charge in [-0.3, -0.25) is 49.5 Å². The Bertz CT molecular complexity index is 5860. The number of aliphatic imine (C=N–C) groups is 3. The van der Waals surface area contributed by atoms with E-state index < -0.39 is 206 Å². The Balaban J connectivity index is 0.000000234. The monoisotopic (exact) mass is 1870 g/mol. The number of hydrogen-bond acceptors (Lipinski definition) is 42. The van der Waals surface area contributed by atoms with Gasteiger partial charge in [-0.25, -0.2) is 9.59 Å². The molecule has 4 aliphatic rings. The average Bonchev–Trinajstić information content (AvgIpc) is 0.760. The van der Waals surface area contributed by atoms with Gasteiger partial charge in [-0.15, -0.1) is 0 Å². The lowest BCUT2D eigenvalue weighted by Crippen LogP contribution is -2.55. The van der Waals surface area contributed by atoms with Gasteiger partial charge in [-0.2, -0.15) is 0 Å². The van der Waals surface area contributed by atoms with Crippen molar-refractivity contribution in [1.82, 2.24) is 0 Å². The van der Waals surface area contributed by atoms with Crippen molar-refractivity contribution in [2.75, 3.05) is 46.1 Å². The SMILES string of the molecule is CC(=O)Cc1cc(=O)c2c(C)cc(O)c(C3OC(CO)C(O)C(O)C3O)c2o1.CC(Cc1cc(=O)c2c(C)cc(C)c(C3OC(CO)C(O)C(O)C3O)c2o1)=NCCC(N=C(C)Cc1cc(=O)c2c(C)cc(O)c(C3OC(CO)C(O)C(O)C3O)c2o1)C(=O)O.CC(Cc1cc(=O)c2c(C)cc(O)c(C3OC(CO)C(O)C(O)C3O)c2o1)=NC(CCN)C(=O)O.NCCC(N)OC=O. The molecule has 4 aliphatic heterocycles. The van der Waals surface area contributed by atoms with E-state index in [9.17, 15) is 146 Å². The second-order valence-electron chi connectivity index (χ2n) is 33.1. The Labute approximate surface area is 755 Å². The number of carbonyl (C=O) groups is 4. The fourth-order valence-electron chi connectivity index (χ4n) is 16.4. The van der Waals surface area contributed by atoms with Gasteiger partial charge < -0.3 is 160 Å². The highest BCUT2D eigenvalue weighted by Gasteiger charge is 2.51. The first kappa shape index (κ1) is 106. The highest BCUT2D eigenvalue weighted by molar-refractivity contribution is 5.92. The molecule has 44 nitrogen and oxygen atoms in total. The number of ketones is 1. The summed E-state index contributed by atoms with van der Waals surface area (Å²) < 4.78 is 50.8. The van der Waals surface area contributed by atoms with E-state index in [1.165, 1.54) is 56.3 Å². The smallest absolute Gasteiger partial charge is 0.328 e. The normalized spacial score (nSPS) is 26.5. The molecule has 44 heteroatoms. The second kappa shape index (κ2) is 46.0. The molecule has 8 aromatic rings. The van der Waals surface area contributed by atoms with E-state index in [4.69, 9.17) is 53.8 Å². The minimum atomic E-state index is -1.79. The molecule has 4 fully saturated rings. The van der Waals surface area contributed by atoms with Gasteiger partial charge in [0.1, 0.15) is 203 Å². The van der Waals surface area contributed by atoms with Crippen molar-refractivity contribution in [1.29, 1.82) is 0 Å². The van der Waals surface area contributed by atoms with Crippen molar-refractivity contribution in [3.8, 4) is 17.2 Å². The number of nitrogens with zero attached hydrogens (tertiary/aromatic N) is 3. The number of nitrogens with two attached hydrogens (primary N) is 3. The molecule has 0 saturated carbocycles. The third-order valence-electron chi connectivity index (χ3n) is 22.9. The number of rotatable bonds is 29. The van der Waals surface area contributed by atoms with Gasteiger partial charge in [0.05, 0.1) is 71.1 Å². The second-order valence-corrected chi connectivity index (χ2v) is 33.1. The fraction of sp³-hybridized carbons (Fsp3) is 0.517. The van der Waals surface area contributed by atoms with Crippen LogP contribution in [0.4, 0.5) is 0 Å². The molecule has 0 aliphatic carbocycles. The Morgan fingerprint density at radius 3 is 0.955 bits per heavy atom. The van der Waals surface area contributed by atoms with Crippen LogP contribution < -0.4 is 38.9 Å². The van der Waals surface area contributed by atoms with E-state index in [1.54, 1.807) is 54.5 Å². The third kappa shape index (κ3) is 24.0. The molecule has 4 aromatic heterocycles. The summed E-state index contributed by atoms with van der Waals surface area (Å²) in [6.07, 6.45) is -30.8.